The van der Waals surface area contributed by atoms with Gasteiger partial charge in [0.2, 0.25) is 5.95 Å². The number of aromatic nitrogens is 3. The maximum Gasteiger partial charge on any atom is 0.295 e. The summed E-state index contributed by atoms with van der Waals surface area (Å²) in [7, 11) is -17.6. The van der Waals surface area contributed by atoms with Crippen molar-refractivity contribution in [2.75, 3.05) is 24.7 Å². The largest absolute Gasteiger partial charge is 0.494 e. The maximum absolute atomic E-state index is 12.5. The van der Waals surface area contributed by atoms with Crippen molar-refractivity contribution < 1.29 is 56.6 Å². The number of benzene rings is 5. The van der Waals surface area contributed by atoms with Gasteiger partial charge in [-0.15, -0.1) is 5.11 Å². The summed E-state index contributed by atoms with van der Waals surface area (Å²) < 4.78 is 139. The van der Waals surface area contributed by atoms with Crippen molar-refractivity contribution in [3.63, 3.8) is 0 Å². The van der Waals surface area contributed by atoms with Crippen molar-refractivity contribution in [1.82, 2.24) is 15.0 Å². The van der Waals surface area contributed by atoms with Gasteiger partial charge < -0.3 is 10.1 Å². The van der Waals surface area contributed by atoms with Crippen molar-refractivity contribution in [3.8, 4) is 5.75 Å². The molecule has 318 valence electrons. The minimum atomic E-state index is -4.95. The predicted molar refractivity (Wildman–Crippen MR) is 218 cm³/mol. The molecule has 0 bridgehead atoms. The summed E-state index contributed by atoms with van der Waals surface area (Å²) in [4.78, 5) is 11.1. The van der Waals surface area contributed by atoms with E-state index >= 15 is 0 Å². The Balaban J connectivity index is 1.29. The Morgan fingerprint density at radius 1 is 0.607 bits per heavy atom. The lowest BCUT2D eigenvalue weighted by atomic mass is 10.1. The van der Waals surface area contributed by atoms with E-state index in [0.29, 0.717) is 17.3 Å². The highest BCUT2D eigenvalue weighted by Gasteiger charge is 2.22. The summed E-state index contributed by atoms with van der Waals surface area (Å²) in [5, 5.41) is 19.1. The zero-order chi connectivity index (χ0) is 44.2. The first kappa shape index (κ1) is 44.4. The second kappa shape index (κ2) is 17.8. The van der Waals surface area contributed by atoms with E-state index in [1.54, 1.807) is 42.5 Å². The molecule has 0 radical (unpaired) electrons. The van der Waals surface area contributed by atoms with Gasteiger partial charge >= 0.3 is 0 Å². The van der Waals surface area contributed by atoms with Crippen LogP contribution in [0, 0.1) is 0 Å². The number of nitrogens with one attached hydrogen (secondary N) is 1. The van der Waals surface area contributed by atoms with Gasteiger partial charge in [0.1, 0.15) is 28.0 Å². The van der Waals surface area contributed by atoms with Gasteiger partial charge in [-0.1, -0.05) is 36.4 Å². The molecule has 0 unspecified atom stereocenters. The zero-order valence-electron chi connectivity index (χ0n) is 31.3. The van der Waals surface area contributed by atoms with Gasteiger partial charge in [0.05, 0.1) is 39.7 Å². The average Bonchev–Trinajstić information content (AvgIpc) is 3.18. The molecule has 1 aromatic heterocycles. The molecule has 0 aliphatic heterocycles. The van der Waals surface area contributed by atoms with Crippen LogP contribution in [0.5, 0.6) is 5.75 Å². The van der Waals surface area contributed by atoms with Gasteiger partial charge in [-0.2, -0.15) is 59.0 Å². The van der Waals surface area contributed by atoms with E-state index in [4.69, 9.17) is 4.74 Å². The number of rotatable bonds is 16. The minimum Gasteiger partial charge on any atom is -0.494 e. The molecule has 5 N–H and O–H groups in total. The summed E-state index contributed by atoms with van der Waals surface area (Å²) >= 11 is 0. The molecule has 0 aliphatic carbocycles. The van der Waals surface area contributed by atoms with Crippen LogP contribution in [0.15, 0.2) is 132 Å². The molecule has 61 heavy (non-hydrogen) atoms. The lowest BCUT2D eigenvalue weighted by Gasteiger charge is -2.12. The lowest BCUT2D eigenvalue weighted by Crippen LogP contribution is -2.18. The summed E-state index contributed by atoms with van der Waals surface area (Å²) in [5.41, 5.74) is 1.58. The van der Waals surface area contributed by atoms with Gasteiger partial charge in [-0.25, -0.2) is 4.98 Å². The molecule has 21 nitrogen and oxygen atoms in total. The Bertz CT molecular complexity index is 3170. The molecular weight excluding hydrogens is 881 g/mol. The number of hydrogen-bond donors (Lipinski definition) is 5. The highest BCUT2D eigenvalue weighted by molar-refractivity contribution is 7.87. The van der Waals surface area contributed by atoms with E-state index in [2.05, 4.69) is 40.7 Å². The Kier molecular flexibility index (Phi) is 12.9. The highest BCUT2D eigenvalue weighted by Crippen LogP contribution is 2.34. The number of azo groups is 2. The number of ether oxygens (including phenoxy) is 1. The molecule has 0 spiro atoms. The van der Waals surface area contributed by atoms with Crippen molar-refractivity contribution in [2.45, 2.75) is 27.5 Å². The first-order valence-corrected chi connectivity index (χ1v) is 23.2. The summed E-state index contributed by atoms with van der Waals surface area (Å²) in [6.45, 7) is -0.299. The third kappa shape index (κ3) is 12.0. The average molecular weight is 913 g/mol. The van der Waals surface area contributed by atoms with E-state index in [9.17, 15) is 51.9 Å². The molecular formula is C36H32N8O13S4. The fourth-order valence-corrected chi connectivity index (χ4v) is 8.14. The van der Waals surface area contributed by atoms with Crippen LogP contribution in [0.3, 0.4) is 0 Å². The van der Waals surface area contributed by atoms with E-state index in [1.165, 1.54) is 43.5 Å². The van der Waals surface area contributed by atoms with Gasteiger partial charge in [0.25, 0.3) is 40.5 Å². The standard InChI is InChI=1S/C36H32N8O13S4/c1-57-31-15-22(7-12-30(31)44-43-26-10-8-23-17-28(59(48,49)50)21-33(29(23)19-26)61(54,55)56)16-34-38-35(40-36(39-34)37-13-14-58(45,46)47)18-24-9-11-27(20-32(24)60(51,52)53)42-41-25-5-3-2-4-6-25/h2-12,15,17,19-21H,13-14,16,18H2,1H3,(H,45,46,47)(H,48,49,50)(H,51,52,53)(H,54,55,56)(H,37,38,39,40). The van der Waals surface area contributed by atoms with Gasteiger partial charge in [0, 0.05) is 24.8 Å². The third-order valence-electron chi connectivity index (χ3n) is 8.41. The maximum atomic E-state index is 12.5. The monoisotopic (exact) mass is 912 g/mol. The van der Waals surface area contributed by atoms with E-state index in [-0.39, 0.29) is 76.1 Å². The third-order valence-corrected chi connectivity index (χ3v) is 11.8. The number of nitrogens with zero attached hydrogens (tertiary/aromatic N) is 7. The number of fused-ring (bicyclic) bond motifs is 1. The molecule has 0 saturated carbocycles. The van der Waals surface area contributed by atoms with Crippen LogP contribution in [-0.2, 0) is 53.3 Å². The summed E-state index contributed by atoms with van der Waals surface area (Å²) in [6.07, 6.45) is -0.243. The molecule has 0 amide bonds. The molecule has 6 rings (SSSR count). The van der Waals surface area contributed by atoms with Crippen molar-refractivity contribution >= 4 is 79.9 Å². The van der Waals surface area contributed by atoms with Crippen molar-refractivity contribution in [2.24, 2.45) is 20.5 Å². The fourth-order valence-electron chi connectivity index (χ4n) is 5.69. The Morgan fingerprint density at radius 2 is 1.25 bits per heavy atom. The molecule has 0 saturated heterocycles. The fraction of sp³-hybridized carbons (Fsp3) is 0.139. The van der Waals surface area contributed by atoms with Crippen molar-refractivity contribution in [3.05, 3.63) is 120 Å². The van der Waals surface area contributed by atoms with Gasteiger partial charge in [-0.05, 0) is 77.2 Å². The van der Waals surface area contributed by atoms with Crippen LogP contribution in [0.1, 0.15) is 22.8 Å². The van der Waals surface area contributed by atoms with E-state index < -0.39 is 60.9 Å². The van der Waals surface area contributed by atoms with Crippen LogP contribution in [0.25, 0.3) is 10.8 Å². The quantitative estimate of drug-likeness (QED) is 0.0542. The first-order valence-electron chi connectivity index (χ1n) is 17.3. The summed E-state index contributed by atoms with van der Waals surface area (Å²) in [5.74, 6) is -0.438. The van der Waals surface area contributed by atoms with Gasteiger partial charge in [0.15, 0.2) is 0 Å². The number of anilines is 1. The molecule has 0 atom stereocenters. The predicted octanol–water partition coefficient (Wildman–Crippen LogP) is 6.09. The first-order chi connectivity index (χ1) is 28.6. The van der Waals surface area contributed by atoms with E-state index in [0.717, 1.165) is 12.1 Å². The van der Waals surface area contributed by atoms with Gasteiger partial charge in [-0.3, -0.25) is 18.2 Å². The van der Waals surface area contributed by atoms with Crippen LogP contribution >= 0.6 is 0 Å². The molecule has 0 aliphatic rings. The van der Waals surface area contributed by atoms with Crippen molar-refractivity contribution in [1.29, 1.82) is 0 Å². The second-order valence-electron chi connectivity index (χ2n) is 12.8. The van der Waals surface area contributed by atoms with Crippen LogP contribution in [0.2, 0.25) is 0 Å². The normalized spacial score (nSPS) is 12.7. The SMILES string of the molecule is COc1cc(Cc2nc(Cc3ccc(N=Nc4ccccc4)cc3S(=O)(=O)O)nc(NCCS(=O)(=O)O)n2)ccc1N=Nc1ccc2cc(S(=O)(=O)O)cc(S(=O)(=O)O)c2c1. The van der Waals surface area contributed by atoms with Crippen LogP contribution in [-0.4, -0.2) is 86.2 Å². The molecule has 1 heterocycles. The van der Waals surface area contributed by atoms with E-state index in [1.807, 2.05) is 0 Å². The molecule has 5 aromatic carbocycles. The van der Waals surface area contributed by atoms with Crippen LogP contribution < -0.4 is 10.1 Å². The Morgan fingerprint density at radius 3 is 1.90 bits per heavy atom. The minimum absolute atomic E-state index is 0.00881. The molecule has 25 heteroatoms. The number of hydrogen-bond acceptors (Lipinski definition) is 17. The smallest absolute Gasteiger partial charge is 0.295 e. The van der Waals surface area contributed by atoms with Crippen LogP contribution in [0.4, 0.5) is 28.7 Å². The second-order valence-corrected chi connectivity index (χ2v) is 18.6. The summed E-state index contributed by atoms with van der Waals surface area (Å²) in [6, 6.07) is 23.0. The highest BCUT2D eigenvalue weighted by atomic mass is 32.2. The number of methoxy groups -OCH3 is 1. The zero-order valence-corrected chi connectivity index (χ0v) is 34.6. The lowest BCUT2D eigenvalue weighted by molar-refractivity contribution is 0.415. The topological polar surface area (TPSA) is 327 Å². The molecule has 6 aromatic rings. The Labute approximate surface area is 348 Å². The Hall–Kier alpha value is -6.19. The molecule has 0 fully saturated rings.